The van der Waals surface area contributed by atoms with Crippen LogP contribution in [0.4, 0.5) is 0 Å². The summed E-state index contributed by atoms with van der Waals surface area (Å²) in [6.45, 7) is 7.82. The lowest BCUT2D eigenvalue weighted by molar-refractivity contribution is 0.130. The van der Waals surface area contributed by atoms with Crippen molar-refractivity contribution in [1.82, 2.24) is 10.3 Å². The fourth-order valence-corrected chi connectivity index (χ4v) is 3.17. The van der Waals surface area contributed by atoms with Crippen molar-refractivity contribution in [3.63, 3.8) is 0 Å². The van der Waals surface area contributed by atoms with E-state index in [1.54, 1.807) is 6.07 Å². The summed E-state index contributed by atoms with van der Waals surface area (Å²) in [6.07, 6.45) is 6.79. The van der Waals surface area contributed by atoms with Crippen LogP contribution in [0.25, 0.3) is 0 Å². The zero-order valence-electron chi connectivity index (χ0n) is 12.3. The second-order valence-corrected chi connectivity index (χ2v) is 6.75. The lowest BCUT2D eigenvalue weighted by Gasteiger charge is -2.41. The third-order valence-electron chi connectivity index (χ3n) is 4.23. The Bertz CT molecular complexity index is 394. The predicted molar refractivity (Wildman–Crippen MR) is 77.9 cm³/mol. The quantitative estimate of drug-likeness (QED) is 0.876. The maximum Gasteiger partial charge on any atom is 0.133 e. The normalized spacial score (nSPS) is 24.4. The molecule has 1 aliphatic carbocycles. The van der Waals surface area contributed by atoms with E-state index in [2.05, 4.69) is 31.1 Å². The van der Waals surface area contributed by atoms with E-state index in [9.17, 15) is 5.11 Å². The molecule has 0 amide bonds. The Morgan fingerprint density at radius 2 is 2.00 bits per heavy atom. The van der Waals surface area contributed by atoms with Crippen molar-refractivity contribution >= 4 is 0 Å². The molecule has 0 spiro atoms. The van der Waals surface area contributed by atoms with E-state index in [0.717, 1.165) is 18.2 Å². The van der Waals surface area contributed by atoms with Gasteiger partial charge in [-0.1, -0.05) is 33.6 Å². The summed E-state index contributed by atoms with van der Waals surface area (Å²) >= 11 is 0. The molecule has 1 saturated carbocycles. The van der Waals surface area contributed by atoms with Gasteiger partial charge in [-0.15, -0.1) is 0 Å². The first-order valence-electron chi connectivity index (χ1n) is 7.34. The molecule has 0 radical (unpaired) electrons. The zero-order chi connectivity index (χ0) is 13.9. The summed E-state index contributed by atoms with van der Waals surface area (Å²) < 4.78 is 0. The molecule has 3 nitrogen and oxygen atoms in total. The second kappa shape index (κ2) is 5.91. The Kier molecular flexibility index (Phi) is 4.46. The van der Waals surface area contributed by atoms with Crippen molar-refractivity contribution < 1.29 is 5.11 Å². The van der Waals surface area contributed by atoms with E-state index >= 15 is 0 Å². The van der Waals surface area contributed by atoms with Crippen molar-refractivity contribution in [2.75, 3.05) is 0 Å². The average molecular weight is 262 g/mol. The van der Waals surface area contributed by atoms with Crippen molar-refractivity contribution in [3.05, 3.63) is 24.0 Å². The second-order valence-electron chi connectivity index (χ2n) is 6.75. The van der Waals surface area contributed by atoms with Gasteiger partial charge in [-0.25, -0.2) is 0 Å². The van der Waals surface area contributed by atoms with E-state index in [1.165, 1.54) is 31.9 Å². The predicted octanol–water partition coefficient (Wildman–Crippen LogP) is 3.48. The van der Waals surface area contributed by atoms with Gasteiger partial charge in [0.1, 0.15) is 5.75 Å². The Hall–Kier alpha value is -1.09. The lowest BCUT2D eigenvalue weighted by Crippen LogP contribution is -2.44. The van der Waals surface area contributed by atoms with Crippen LogP contribution in [0, 0.1) is 11.3 Å². The number of nitrogens with zero attached hydrogens (tertiary/aromatic N) is 1. The molecule has 106 valence electrons. The smallest absolute Gasteiger partial charge is 0.133 e. The van der Waals surface area contributed by atoms with Gasteiger partial charge in [0, 0.05) is 12.6 Å². The highest BCUT2D eigenvalue weighted by Crippen LogP contribution is 2.38. The fourth-order valence-electron chi connectivity index (χ4n) is 3.17. The maximum atomic E-state index is 9.24. The first-order valence-corrected chi connectivity index (χ1v) is 7.34. The highest BCUT2D eigenvalue weighted by atomic mass is 16.3. The number of rotatable bonds is 3. The van der Waals surface area contributed by atoms with Gasteiger partial charge in [0.2, 0.25) is 0 Å². The van der Waals surface area contributed by atoms with Crippen molar-refractivity contribution in [3.8, 4) is 5.75 Å². The molecule has 3 heteroatoms. The van der Waals surface area contributed by atoms with E-state index < -0.39 is 0 Å². The van der Waals surface area contributed by atoms with Gasteiger partial charge in [-0.3, -0.25) is 4.98 Å². The largest absolute Gasteiger partial charge is 0.506 e. The van der Waals surface area contributed by atoms with Gasteiger partial charge in [-0.05, 0) is 36.3 Å². The topological polar surface area (TPSA) is 45.1 Å². The van der Waals surface area contributed by atoms with E-state index in [-0.39, 0.29) is 5.75 Å². The molecule has 2 N–H and O–H groups in total. The summed E-state index contributed by atoms with van der Waals surface area (Å²) in [5, 5.41) is 12.9. The highest BCUT2D eigenvalue weighted by molar-refractivity contribution is 5.17. The molecule has 0 saturated heterocycles. The van der Waals surface area contributed by atoms with E-state index in [1.807, 2.05) is 6.07 Å². The molecule has 1 heterocycles. The molecule has 2 unspecified atom stereocenters. The minimum Gasteiger partial charge on any atom is -0.506 e. The third-order valence-corrected chi connectivity index (χ3v) is 4.23. The standard InChI is InChI=1S/C16H26N2O/c1-16(2,3)14-6-4-5-7-15(14)18-10-12-8-9-13(19)11-17-12/h8-9,11,14-15,18-19H,4-7,10H2,1-3H3. The minimum atomic E-state index is 0.231. The fraction of sp³-hybridized carbons (Fsp3) is 0.688. The minimum absolute atomic E-state index is 0.231. The molecule has 19 heavy (non-hydrogen) atoms. The highest BCUT2D eigenvalue weighted by Gasteiger charge is 2.33. The van der Waals surface area contributed by atoms with Gasteiger partial charge in [-0.2, -0.15) is 0 Å². The van der Waals surface area contributed by atoms with Crippen LogP contribution in [-0.4, -0.2) is 16.1 Å². The van der Waals surface area contributed by atoms with Crippen LogP contribution >= 0.6 is 0 Å². The lowest BCUT2D eigenvalue weighted by atomic mass is 9.69. The molecule has 2 rings (SSSR count). The van der Waals surface area contributed by atoms with Crippen molar-refractivity contribution in [2.45, 2.75) is 59.0 Å². The van der Waals surface area contributed by atoms with Crippen LogP contribution in [0.5, 0.6) is 5.75 Å². The van der Waals surface area contributed by atoms with Gasteiger partial charge < -0.3 is 10.4 Å². The zero-order valence-corrected chi connectivity index (χ0v) is 12.3. The van der Waals surface area contributed by atoms with Gasteiger partial charge in [0.15, 0.2) is 0 Å². The van der Waals surface area contributed by atoms with Crippen molar-refractivity contribution in [2.24, 2.45) is 11.3 Å². The molecule has 0 bridgehead atoms. The molecule has 1 aliphatic rings. The summed E-state index contributed by atoms with van der Waals surface area (Å²) in [5.74, 6) is 0.965. The molecule has 0 aliphatic heterocycles. The van der Waals surface area contributed by atoms with Crippen LogP contribution in [0.3, 0.4) is 0 Å². The third kappa shape index (κ3) is 3.93. The number of pyridine rings is 1. The molecule has 2 atom stereocenters. The average Bonchev–Trinajstić information content (AvgIpc) is 2.37. The van der Waals surface area contributed by atoms with Crippen molar-refractivity contribution in [1.29, 1.82) is 0 Å². The Balaban J connectivity index is 1.94. The van der Waals surface area contributed by atoms with Crippen LogP contribution in [0.1, 0.15) is 52.1 Å². The van der Waals surface area contributed by atoms with Crippen LogP contribution in [0.15, 0.2) is 18.3 Å². The number of nitrogens with one attached hydrogen (secondary N) is 1. The Morgan fingerprint density at radius 3 is 2.63 bits per heavy atom. The number of aromatic hydroxyl groups is 1. The van der Waals surface area contributed by atoms with E-state index in [4.69, 9.17) is 0 Å². The molecule has 1 aromatic rings. The van der Waals surface area contributed by atoms with Gasteiger partial charge >= 0.3 is 0 Å². The molecular formula is C16H26N2O. The summed E-state index contributed by atoms with van der Waals surface area (Å²) in [4.78, 5) is 4.24. The number of hydrogen-bond donors (Lipinski definition) is 2. The first-order chi connectivity index (χ1) is 8.97. The molecule has 1 aromatic heterocycles. The first kappa shape index (κ1) is 14.3. The number of hydrogen-bond acceptors (Lipinski definition) is 3. The number of aromatic nitrogens is 1. The monoisotopic (exact) mass is 262 g/mol. The Morgan fingerprint density at radius 1 is 1.26 bits per heavy atom. The SMILES string of the molecule is CC(C)(C)C1CCCCC1NCc1ccc(O)cn1. The van der Waals surface area contributed by atoms with Gasteiger partial charge in [0.25, 0.3) is 0 Å². The van der Waals surface area contributed by atoms with Gasteiger partial charge in [0.05, 0.1) is 11.9 Å². The summed E-state index contributed by atoms with van der Waals surface area (Å²) in [7, 11) is 0. The van der Waals surface area contributed by atoms with Crippen LogP contribution < -0.4 is 5.32 Å². The summed E-state index contributed by atoms with van der Waals surface area (Å²) in [5.41, 5.74) is 1.36. The summed E-state index contributed by atoms with van der Waals surface area (Å²) in [6, 6.07) is 4.17. The molecule has 1 fully saturated rings. The maximum absolute atomic E-state index is 9.24. The molecule has 0 aromatic carbocycles. The van der Waals surface area contributed by atoms with E-state index in [0.29, 0.717) is 11.5 Å². The Labute approximate surface area is 116 Å². The molecular weight excluding hydrogens is 236 g/mol. The van der Waals surface area contributed by atoms with Crippen LogP contribution in [-0.2, 0) is 6.54 Å². The van der Waals surface area contributed by atoms with Crippen LogP contribution in [0.2, 0.25) is 0 Å².